The maximum Gasteiger partial charge on any atom is 0.381 e. The van der Waals surface area contributed by atoms with Crippen LogP contribution in [0.15, 0.2) is 40.8 Å². The summed E-state index contributed by atoms with van der Waals surface area (Å²) in [5.74, 6) is -0.153. The predicted octanol–water partition coefficient (Wildman–Crippen LogP) is 3.12. The third-order valence-corrected chi connectivity index (χ3v) is 3.89. The first-order valence-electron chi connectivity index (χ1n) is 7.20. The summed E-state index contributed by atoms with van der Waals surface area (Å²) in [6.45, 7) is 0. The van der Waals surface area contributed by atoms with Crippen molar-refractivity contribution >= 4 is 22.8 Å². The van der Waals surface area contributed by atoms with Crippen molar-refractivity contribution in [2.75, 3.05) is 5.73 Å². The number of aryl methyl sites for hydroxylation is 2. The highest BCUT2D eigenvalue weighted by Gasteiger charge is 2.24. The highest BCUT2D eigenvalue weighted by molar-refractivity contribution is 6.03. The van der Waals surface area contributed by atoms with E-state index in [4.69, 9.17) is 14.9 Å². The molecule has 0 atom stereocenters. The first-order chi connectivity index (χ1) is 10.7. The van der Waals surface area contributed by atoms with Crippen LogP contribution in [0.3, 0.4) is 0 Å². The molecule has 1 aliphatic rings. The van der Waals surface area contributed by atoms with E-state index in [9.17, 15) is 4.79 Å². The number of nitrogens with two attached hydrogens (primary N) is 1. The van der Waals surface area contributed by atoms with E-state index in [-0.39, 0.29) is 11.4 Å². The molecule has 0 unspecified atom stereocenters. The highest BCUT2D eigenvalue weighted by atomic mass is 16.5. The van der Waals surface area contributed by atoms with Gasteiger partial charge in [-0.05, 0) is 43.0 Å². The largest absolute Gasteiger partial charge is 0.428 e. The number of hydrogen-bond donors (Lipinski definition) is 1. The lowest BCUT2D eigenvalue weighted by atomic mass is 10.1. The predicted molar refractivity (Wildman–Crippen MR) is 81.8 cm³/mol. The van der Waals surface area contributed by atoms with E-state index >= 15 is 0 Å². The van der Waals surface area contributed by atoms with Gasteiger partial charge in [-0.3, -0.25) is 0 Å². The van der Waals surface area contributed by atoms with E-state index in [2.05, 4.69) is 4.98 Å². The molecular weight excluding hydrogens is 280 g/mol. The molecule has 2 aromatic heterocycles. The van der Waals surface area contributed by atoms with Gasteiger partial charge in [0.05, 0.1) is 11.1 Å². The number of carbonyl (C=O) groups excluding carboxylic acids is 1. The second kappa shape index (κ2) is 4.87. The lowest BCUT2D eigenvalue weighted by Gasteiger charge is -2.01. The molecule has 1 aromatic carbocycles. The van der Waals surface area contributed by atoms with Crippen molar-refractivity contribution in [2.45, 2.75) is 19.3 Å². The molecule has 4 rings (SSSR count). The molecule has 5 nitrogen and oxygen atoms in total. The summed E-state index contributed by atoms with van der Waals surface area (Å²) in [6.07, 6.45) is 3.03. The highest BCUT2D eigenvalue weighted by Crippen LogP contribution is 2.32. The smallest absolute Gasteiger partial charge is 0.381 e. The van der Waals surface area contributed by atoms with Crippen LogP contribution in [-0.4, -0.2) is 11.0 Å². The van der Waals surface area contributed by atoms with E-state index in [0.29, 0.717) is 16.8 Å². The third-order valence-electron chi connectivity index (χ3n) is 3.89. The van der Waals surface area contributed by atoms with Crippen molar-refractivity contribution in [1.29, 1.82) is 0 Å². The molecule has 22 heavy (non-hydrogen) atoms. The number of rotatable bonds is 2. The zero-order chi connectivity index (χ0) is 15.1. The maximum absolute atomic E-state index is 12.2. The second-order valence-electron chi connectivity index (χ2n) is 5.35. The Kier molecular flexibility index (Phi) is 2.85. The summed E-state index contributed by atoms with van der Waals surface area (Å²) < 4.78 is 10.8. The van der Waals surface area contributed by atoms with Gasteiger partial charge in [0.15, 0.2) is 0 Å². The van der Waals surface area contributed by atoms with Gasteiger partial charge in [-0.2, -0.15) is 0 Å². The first kappa shape index (κ1) is 12.9. The van der Waals surface area contributed by atoms with Gasteiger partial charge < -0.3 is 14.9 Å². The zero-order valence-corrected chi connectivity index (χ0v) is 11.8. The Morgan fingerprint density at radius 2 is 2.05 bits per heavy atom. The average Bonchev–Trinajstić information content (AvgIpc) is 3.11. The van der Waals surface area contributed by atoms with Crippen LogP contribution in [0.25, 0.3) is 11.1 Å². The van der Waals surface area contributed by atoms with Gasteiger partial charge in [-0.15, -0.1) is 0 Å². The average molecular weight is 294 g/mol. The molecule has 3 aromatic rings. The fourth-order valence-corrected chi connectivity index (χ4v) is 2.79. The summed E-state index contributed by atoms with van der Waals surface area (Å²) in [7, 11) is 0. The topological polar surface area (TPSA) is 78.4 Å². The molecule has 0 aliphatic heterocycles. The lowest BCUT2D eigenvalue weighted by Crippen LogP contribution is -2.09. The lowest BCUT2D eigenvalue weighted by molar-refractivity contribution is 0.0705. The summed E-state index contributed by atoms with van der Waals surface area (Å²) in [6, 6.07) is 10.8. The number of nitrogens with zero attached hydrogens (tertiary/aromatic N) is 1. The molecular formula is C17H14N2O3. The number of nitrogen functional groups attached to an aromatic ring is 1. The van der Waals surface area contributed by atoms with Crippen LogP contribution in [0.4, 0.5) is 5.69 Å². The fraction of sp³-hybridized carbons (Fsp3) is 0.176. The van der Waals surface area contributed by atoms with Gasteiger partial charge in [-0.25, -0.2) is 9.78 Å². The number of pyridine rings is 1. The molecule has 0 spiro atoms. The van der Waals surface area contributed by atoms with Gasteiger partial charge in [0.1, 0.15) is 5.75 Å². The number of benzene rings is 1. The first-order valence-corrected chi connectivity index (χ1v) is 7.20. The van der Waals surface area contributed by atoms with E-state index < -0.39 is 5.97 Å². The summed E-state index contributed by atoms with van der Waals surface area (Å²) in [5, 5.41) is 0.681. The number of ether oxygens (including phenoxy) is 1. The van der Waals surface area contributed by atoms with Crippen LogP contribution in [-0.2, 0) is 12.8 Å². The Morgan fingerprint density at radius 1 is 1.23 bits per heavy atom. The Bertz CT molecular complexity index is 868. The fourth-order valence-electron chi connectivity index (χ4n) is 2.79. The standard InChI is InChI=1S/C17H14N2O3/c18-14-12-9-10-5-4-8-13(10)19-16(12)22-15(14)17(20)21-11-6-2-1-3-7-11/h1-3,6-7,9H,4-5,8,18H2. The van der Waals surface area contributed by atoms with Crippen molar-refractivity contribution in [3.63, 3.8) is 0 Å². The number of anilines is 1. The number of para-hydroxylation sites is 1. The van der Waals surface area contributed by atoms with Crippen LogP contribution < -0.4 is 10.5 Å². The second-order valence-corrected chi connectivity index (χ2v) is 5.35. The Morgan fingerprint density at radius 3 is 2.86 bits per heavy atom. The molecule has 0 radical (unpaired) electrons. The van der Waals surface area contributed by atoms with Crippen molar-refractivity contribution in [1.82, 2.24) is 4.98 Å². The van der Waals surface area contributed by atoms with Crippen molar-refractivity contribution in [3.05, 3.63) is 53.4 Å². The number of aromatic nitrogens is 1. The molecule has 5 heteroatoms. The molecule has 0 saturated carbocycles. The van der Waals surface area contributed by atoms with Crippen LogP contribution in [0.5, 0.6) is 5.75 Å². The monoisotopic (exact) mass is 294 g/mol. The van der Waals surface area contributed by atoms with Crippen LogP contribution >= 0.6 is 0 Å². The van der Waals surface area contributed by atoms with Gasteiger partial charge >= 0.3 is 5.97 Å². The molecule has 0 fully saturated rings. The summed E-state index contributed by atoms with van der Waals surface area (Å²) >= 11 is 0. The van der Waals surface area contributed by atoms with Gasteiger partial charge in [0, 0.05) is 5.69 Å². The number of hydrogen-bond acceptors (Lipinski definition) is 5. The summed E-state index contributed by atoms with van der Waals surface area (Å²) in [4.78, 5) is 16.7. The van der Waals surface area contributed by atoms with Crippen LogP contribution in [0.1, 0.15) is 28.2 Å². The minimum atomic E-state index is -0.609. The quantitative estimate of drug-likeness (QED) is 0.580. The van der Waals surface area contributed by atoms with E-state index in [1.807, 2.05) is 12.1 Å². The summed E-state index contributed by atoms with van der Waals surface area (Å²) in [5.41, 5.74) is 8.96. The molecule has 0 saturated heterocycles. The Hall–Kier alpha value is -2.82. The number of esters is 1. The molecule has 2 N–H and O–H groups in total. The zero-order valence-electron chi connectivity index (χ0n) is 11.8. The normalized spacial score (nSPS) is 13.3. The van der Waals surface area contributed by atoms with Gasteiger partial charge in [0.25, 0.3) is 0 Å². The molecule has 0 amide bonds. The minimum Gasteiger partial charge on any atom is -0.428 e. The van der Waals surface area contributed by atoms with Gasteiger partial charge in [0.2, 0.25) is 11.5 Å². The number of furan rings is 1. The van der Waals surface area contributed by atoms with Gasteiger partial charge in [-0.1, -0.05) is 18.2 Å². The van der Waals surface area contributed by atoms with E-state index in [1.165, 1.54) is 5.56 Å². The van der Waals surface area contributed by atoms with Crippen molar-refractivity contribution in [3.8, 4) is 5.75 Å². The Labute approximate surface area is 126 Å². The molecule has 110 valence electrons. The number of fused-ring (bicyclic) bond motifs is 2. The van der Waals surface area contributed by atoms with E-state index in [1.54, 1.807) is 24.3 Å². The van der Waals surface area contributed by atoms with E-state index in [0.717, 1.165) is 25.0 Å². The third kappa shape index (κ3) is 2.02. The Balaban J connectivity index is 1.73. The van der Waals surface area contributed by atoms with Crippen molar-refractivity contribution in [2.24, 2.45) is 0 Å². The SMILES string of the molecule is Nc1c(C(=O)Oc2ccccc2)oc2nc3c(cc12)CCC3. The molecule has 0 bridgehead atoms. The minimum absolute atomic E-state index is 0.00928. The maximum atomic E-state index is 12.2. The molecule has 2 heterocycles. The van der Waals surface area contributed by atoms with Crippen LogP contribution in [0.2, 0.25) is 0 Å². The van der Waals surface area contributed by atoms with Crippen LogP contribution in [0, 0.1) is 0 Å². The molecule has 1 aliphatic carbocycles. The number of carbonyl (C=O) groups is 1. The van der Waals surface area contributed by atoms with Crippen molar-refractivity contribution < 1.29 is 13.9 Å².